The van der Waals surface area contributed by atoms with Crippen LogP contribution in [-0.4, -0.2) is 44.7 Å². The van der Waals surface area contributed by atoms with Crippen LogP contribution in [0.15, 0.2) is 11.7 Å². The molecule has 180 valence electrons. The smallest absolute Gasteiger partial charge is 0.435 e. The predicted octanol–water partition coefficient (Wildman–Crippen LogP) is 4.05. The number of carbonyl (C=O) groups excluding carboxylic acids is 2. The number of esters is 1. The highest BCUT2D eigenvalue weighted by molar-refractivity contribution is 7.09. The summed E-state index contributed by atoms with van der Waals surface area (Å²) in [6, 6.07) is 0. The number of aromatic nitrogens is 3. The van der Waals surface area contributed by atoms with Gasteiger partial charge in [-0.05, 0) is 44.9 Å². The first-order valence-corrected chi connectivity index (χ1v) is 12.1. The molecule has 0 saturated heterocycles. The minimum atomic E-state index is -4.53. The Bertz CT molecular complexity index is 982. The summed E-state index contributed by atoms with van der Waals surface area (Å²) in [5.41, 5.74) is 1.40. The lowest BCUT2D eigenvalue weighted by molar-refractivity contribution is -0.149. The van der Waals surface area contributed by atoms with E-state index in [9.17, 15) is 22.8 Å². The number of alkyl halides is 3. The summed E-state index contributed by atoms with van der Waals surface area (Å²) in [5.74, 6) is -0.145. The van der Waals surface area contributed by atoms with Crippen LogP contribution in [0.4, 0.5) is 13.2 Å². The molecule has 7 nitrogen and oxygen atoms in total. The van der Waals surface area contributed by atoms with Crippen molar-refractivity contribution in [3.8, 4) is 0 Å². The number of nitrogens with zero attached hydrogens (tertiary/aromatic N) is 4. The minimum Gasteiger partial charge on any atom is -0.466 e. The van der Waals surface area contributed by atoms with E-state index in [0.717, 1.165) is 17.7 Å². The summed E-state index contributed by atoms with van der Waals surface area (Å²) in [4.78, 5) is 31.3. The average molecular weight is 485 g/mol. The molecule has 3 heterocycles. The minimum absolute atomic E-state index is 0.0562. The molecule has 0 aromatic carbocycles. The van der Waals surface area contributed by atoms with Crippen molar-refractivity contribution < 1.29 is 27.5 Å². The van der Waals surface area contributed by atoms with Gasteiger partial charge in [-0.2, -0.15) is 18.3 Å². The first-order valence-electron chi connectivity index (χ1n) is 11.2. The van der Waals surface area contributed by atoms with Crippen LogP contribution in [0.3, 0.4) is 0 Å². The van der Waals surface area contributed by atoms with Crippen molar-refractivity contribution in [3.05, 3.63) is 33.5 Å². The number of halogens is 3. The Balaban J connectivity index is 1.42. The third-order valence-corrected chi connectivity index (χ3v) is 7.24. The van der Waals surface area contributed by atoms with Crippen LogP contribution in [-0.2, 0) is 40.0 Å². The lowest BCUT2D eigenvalue weighted by Gasteiger charge is -2.31. The number of rotatable bonds is 6. The molecule has 0 radical (unpaired) electrons. The van der Waals surface area contributed by atoms with Gasteiger partial charge in [0.2, 0.25) is 5.91 Å². The van der Waals surface area contributed by atoms with Gasteiger partial charge in [0.15, 0.2) is 5.69 Å². The van der Waals surface area contributed by atoms with E-state index in [0.29, 0.717) is 31.6 Å². The zero-order chi connectivity index (χ0) is 23.6. The summed E-state index contributed by atoms with van der Waals surface area (Å²) in [5, 5.41) is 3.88. The van der Waals surface area contributed by atoms with E-state index in [2.05, 4.69) is 10.1 Å². The Labute approximate surface area is 193 Å². The zero-order valence-electron chi connectivity index (χ0n) is 18.4. The average Bonchev–Trinajstić information content (AvgIpc) is 3.42. The van der Waals surface area contributed by atoms with E-state index in [-0.39, 0.29) is 55.3 Å². The molecule has 33 heavy (non-hydrogen) atoms. The van der Waals surface area contributed by atoms with Crippen LogP contribution in [0.5, 0.6) is 0 Å². The summed E-state index contributed by atoms with van der Waals surface area (Å²) < 4.78 is 47.2. The maximum Gasteiger partial charge on any atom is 0.435 e. The van der Waals surface area contributed by atoms with Crippen LogP contribution >= 0.6 is 11.3 Å². The third-order valence-electron chi connectivity index (χ3n) is 6.48. The van der Waals surface area contributed by atoms with Crippen molar-refractivity contribution in [3.63, 3.8) is 0 Å². The molecule has 1 aliphatic carbocycles. The quantitative estimate of drug-likeness (QED) is 0.578. The van der Waals surface area contributed by atoms with Crippen molar-refractivity contribution in [2.75, 3.05) is 13.2 Å². The maximum absolute atomic E-state index is 13.6. The van der Waals surface area contributed by atoms with Gasteiger partial charge < -0.3 is 9.64 Å². The zero-order valence-corrected chi connectivity index (χ0v) is 19.3. The maximum atomic E-state index is 13.6. The highest BCUT2D eigenvalue weighted by Gasteiger charge is 2.41. The molecule has 11 heteroatoms. The summed E-state index contributed by atoms with van der Waals surface area (Å²) in [6.07, 6.45) is 0.520. The first-order chi connectivity index (χ1) is 15.8. The SMILES string of the molecule is CCOC(=O)C1CCC(CC(=O)N2CCc3c(C(F)(F)F)nn(Cc4cncs4)c3C2)CC1. The van der Waals surface area contributed by atoms with Gasteiger partial charge in [0.05, 0.1) is 36.8 Å². The number of hydrogen-bond donors (Lipinski definition) is 0. The molecule has 0 N–H and O–H groups in total. The second-order valence-electron chi connectivity index (χ2n) is 8.64. The molecule has 2 aliphatic rings. The largest absolute Gasteiger partial charge is 0.466 e. The molecule has 1 aliphatic heterocycles. The Hall–Kier alpha value is -2.43. The standard InChI is InChI=1S/C22H27F3N4O3S/c1-2-32-21(31)15-5-3-14(4-6-15)9-19(30)28-8-7-17-18(12-28)29(11-16-10-26-13-33-16)27-20(17)22(23,24)25/h10,13-15H,2-9,11-12H2,1H3. The number of amides is 1. The van der Waals surface area contributed by atoms with E-state index in [1.165, 1.54) is 16.0 Å². The van der Waals surface area contributed by atoms with Gasteiger partial charge in [0, 0.05) is 29.6 Å². The first kappa shape index (κ1) is 23.7. The van der Waals surface area contributed by atoms with Gasteiger partial charge in [-0.25, -0.2) is 0 Å². The van der Waals surface area contributed by atoms with Crippen LogP contribution < -0.4 is 0 Å². The fourth-order valence-corrected chi connectivity index (χ4v) is 5.33. The highest BCUT2D eigenvalue weighted by Crippen LogP contribution is 2.36. The van der Waals surface area contributed by atoms with Crippen LogP contribution in [0.2, 0.25) is 0 Å². The number of ether oxygens (including phenoxy) is 1. The topological polar surface area (TPSA) is 77.3 Å². The number of fused-ring (bicyclic) bond motifs is 1. The molecule has 2 aromatic heterocycles. The Morgan fingerprint density at radius 1 is 1.24 bits per heavy atom. The van der Waals surface area contributed by atoms with Crippen LogP contribution in [0.1, 0.15) is 60.9 Å². The molecular weight excluding hydrogens is 457 g/mol. The van der Waals surface area contributed by atoms with Crippen LogP contribution in [0, 0.1) is 11.8 Å². The lowest BCUT2D eigenvalue weighted by Crippen LogP contribution is -2.38. The molecule has 0 unspecified atom stereocenters. The van der Waals surface area contributed by atoms with Gasteiger partial charge in [0.1, 0.15) is 0 Å². The van der Waals surface area contributed by atoms with Gasteiger partial charge >= 0.3 is 12.1 Å². The Morgan fingerprint density at radius 3 is 2.64 bits per heavy atom. The highest BCUT2D eigenvalue weighted by atomic mass is 32.1. The second-order valence-corrected chi connectivity index (χ2v) is 9.61. The molecule has 4 rings (SSSR count). The third kappa shape index (κ3) is 5.39. The van der Waals surface area contributed by atoms with Crippen LogP contribution in [0.25, 0.3) is 0 Å². The molecule has 0 bridgehead atoms. The summed E-state index contributed by atoms with van der Waals surface area (Å²) in [6.45, 7) is 2.72. The van der Waals surface area contributed by atoms with Gasteiger partial charge in [-0.1, -0.05) is 0 Å². The van der Waals surface area contributed by atoms with E-state index in [1.807, 2.05) is 0 Å². The van der Waals surface area contributed by atoms with Gasteiger partial charge in [0.25, 0.3) is 0 Å². The molecule has 1 fully saturated rings. The Morgan fingerprint density at radius 2 is 2.00 bits per heavy atom. The van der Waals surface area contributed by atoms with Crippen molar-refractivity contribution >= 4 is 23.2 Å². The molecule has 1 amide bonds. The number of carbonyl (C=O) groups is 2. The van der Waals surface area contributed by atoms with Crippen molar-refractivity contribution in [2.45, 2.75) is 64.7 Å². The molecular formula is C22H27F3N4O3S. The summed E-state index contributed by atoms with van der Waals surface area (Å²) >= 11 is 1.35. The van der Waals surface area contributed by atoms with E-state index >= 15 is 0 Å². The van der Waals surface area contributed by atoms with E-state index < -0.39 is 11.9 Å². The fourth-order valence-electron chi connectivity index (χ4n) is 4.76. The van der Waals surface area contributed by atoms with Crippen molar-refractivity contribution in [1.82, 2.24) is 19.7 Å². The molecule has 0 atom stereocenters. The van der Waals surface area contributed by atoms with Gasteiger partial charge in [-0.15, -0.1) is 11.3 Å². The fraction of sp³-hybridized carbons (Fsp3) is 0.636. The normalized spacial score (nSPS) is 21.0. The molecule has 1 saturated carbocycles. The van der Waals surface area contributed by atoms with Crippen molar-refractivity contribution in [2.24, 2.45) is 11.8 Å². The number of hydrogen-bond acceptors (Lipinski definition) is 6. The van der Waals surface area contributed by atoms with E-state index in [1.54, 1.807) is 23.5 Å². The second kappa shape index (κ2) is 9.82. The predicted molar refractivity (Wildman–Crippen MR) is 114 cm³/mol. The van der Waals surface area contributed by atoms with E-state index in [4.69, 9.17) is 4.74 Å². The van der Waals surface area contributed by atoms with Gasteiger partial charge in [-0.3, -0.25) is 19.3 Å². The molecule has 2 aromatic rings. The number of thiazole rings is 1. The Kier molecular flexibility index (Phi) is 7.06. The molecule has 0 spiro atoms. The monoisotopic (exact) mass is 484 g/mol. The summed E-state index contributed by atoms with van der Waals surface area (Å²) in [7, 11) is 0. The lowest BCUT2D eigenvalue weighted by atomic mass is 9.80. The van der Waals surface area contributed by atoms with Crippen molar-refractivity contribution in [1.29, 1.82) is 0 Å².